The van der Waals surface area contributed by atoms with Gasteiger partial charge in [-0.25, -0.2) is 18.6 Å². The first kappa shape index (κ1) is 23.6. The number of aliphatic hydroxyl groups excluding tert-OH is 1. The molecule has 1 aliphatic rings. The molecule has 170 valence electrons. The zero-order valence-electron chi connectivity index (χ0n) is 17.9. The van der Waals surface area contributed by atoms with Crippen molar-refractivity contribution in [1.82, 2.24) is 15.6 Å². The Labute approximate surface area is 184 Å². The van der Waals surface area contributed by atoms with Crippen LogP contribution in [-0.2, 0) is 18.4 Å². The van der Waals surface area contributed by atoms with Crippen LogP contribution in [0.3, 0.4) is 0 Å². The molecule has 1 aliphatic carbocycles. The smallest absolute Gasteiger partial charge is 0.404 e. The number of aromatic nitrogens is 1. The molecule has 2 aromatic rings. The van der Waals surface area contributed by atoms with E-state index >= 15 is 0 Å². The SMILES string of the molecule is CC(C)(C)Cc1nc(C2(NCC(O)C(Cc3cc(F)cc(F)c3)NC(=O)O)CC2)cs1. The van der Waals surface area contributed by atoms with Crippen molar-refractivity contribution in [2.75, 3.05) is 6.54 Å². The zero-order chi connectivity index (χ0) is 22.8. The quantitative estimate of drug-likeness (QED) is 0.463. The van der Waals surface area contributed by atoms with Crippen molar-refractivity contribution in [3.8, 4) is 0 Å². The number of rotatable bonds is 9. The summed E-state index contributed by atoms with van der Waals surface area (Å²) < 4.78 is 27.0. The summed E-state index contributed by atoms with van der Waals surface area (Å²) >= 11 is 1.62. The fraction of sp³-hybridized carbons (Fsp3) is 0.545. The van der Waals surface area contributed by atoms with Crippen LogP contribution in [-0.4, -0.2) is 40.0 Å². The van der Waals surface area contributed by atoms with E-state index < -0.39 is 29.9 Å². The second-order valence-corrected chi connectivity index (χ2v) is 10.4. The monoisotopic (exact) mass is 453 g/mol. The molecule has 2 unspecified atom stereocenters. The third-order valence-corrected chi connectivity index (χ3v) is 6.12. The van der Waals surface area contributed by atoms with Crippen molar-refractivity contribution >= 4 is 17.4 Å². The molecule has 1 fully saturated rings. The summed E-state index contributed by atoms with van der Waals surface area (Å²) in [6.45, 7) is 6.61. The van der Waals surface area contributed by atoms with Crippen LogP contribution in [0.25, 0.3) is 0 Å². The summed E-state index contributed by atoms with van der Waals surface area (Å²) in [5, 5.41) is 28.5. The van der Waals surface area contributed by atoms with E-state index in [1.165, 1.54) is 0 Å². The highest BCUT2D eigenvalue weighted by atomic mass is 32.1. The molecule has 31 heavy (non-hydrogen) atoms. The Hall–Kier alpha value is -2.10. The zero-order valence-corrected chi connectivity index (χ0v) is 18.7. The van der Waals surface area contributed by atoms with E-state index in [-0.39, 0.29) is 29.5 Å². The van der Waals surface area contributed by atoms with Crippen LogP contribution in [0.2, 0.25) is 0 Å². The number of carboxylic acid groups (broad SMARTS) is 1. The molecule has 1 saturated carbocycles. The molecule has 1 heterocycles. The molecule has 0 saturated heterocycles. The van der Waals surface area contributed by atoms with E-state index in [4.69, 9.17) is 10.1 Å². The number of hydrogen-bond donors (Lipinski definition) is 4. The number of nitrogens with one attached hydrogen (secondary N) is 2. The number of aliphatic hydroxyl groups is 1. The Morgan fingerprint density at radius 2 is 1.90 bits per heavy atom. The fourth-order valence-corrected chi connectivity index (χ4v) is 4.77. The number of halogens is 2. The highest BCUT2D eigenvalue weighted by Gasteiger charge is 2.46. The van der Waals surface area contributed by atoms with Gasteiger partial charge in [0.1, 0.15) is 11.6 Å². The lowest BCUT2D eigenvalue weighted by Gasteiger charge is -2.25. The van der Waals surface area contributed by atoms with Crippen molar-refractivity contribution in [3.63, 3.8) is 0 Å². The van der Waals surface area contributed by atoms with Crippen LogP contribution < -0.4 is 10.6 Å². The molecule has 0 radical (unpaired) electrons. The van der Waals surface area contributed by atoms with Gasteiger partial charge < -0.3 is 20.8 Å². The molecule has 1 amide bonds. The van der Waals surface area contributed by atoms with Gasteiger partial charge in [0.15, 0.2) is 0 Å². The summed E-state index contributed by atoms with van der Waals surface area (Å²) in [7, 11) is 0. The molecule has 0 aliphatic heterocycles. The maximum atomic E-state index is 13.5. The van der Waals surface area contributed by atoms with Crippen molar-refractivity contribution in [2.24, 2.45) is 5.41 Å². The van der Waals surface area contributed by atoms with Crippen LogP contribution in [0, 0.1) is 17.0 Å². The van der Waals surface area contributed by atoms with Crippen molar-refractivity contribution in [1.29, 1.82) is 0 Å². The number of thiazole rings is 1. The molecule has 9 heteroatoms. The number of nitrogens with zero attached hydrogens (tertiary/aromatic N) is 1. The molecule has 6 nitrogen and oxygen atoms in total. The highest BCUT2D eigenvalue weighted by Crippen LogP contribution is 2.45. The van der Waals surface area contributed by atoms with Crippen molar-refractivity contribution in [2.45, 2.75) is 64.1 Å². The topological polar surface area (TPSA) is 94.5 Å². The van der Waals surface area contributed by atoms with E-state index in [2.05, 4.69) is 31.4 Å². The van der Waals surface area contributed by atoms with Gasteiger partial charge in [0.25, 0.3) is 0 Å². The molecular weight excluding hydrogens is 424 g/mol. The molecule has 1 aromatic carbocycles. The average Bonchev–Trinajstić information content (AvgIpc) is 3.28. The Bertz CT molecular complexity index is 905. The maximum Gasteiger partial charge on any atom is 0.404 e. The van der Waals surface area contributed by atoms with Crippen LogP contribution in [0.15, 0.2) is 23.6 Å². The lowest BCUT2D eigenvalue weighted by Crippen LogP contribution is -2.49. The first-order valence-corrected chi connectivity index (χ1v) is 11.2. The largest absolute Gasteiger partial charge is 0.465 e. The summed E-state index contributed by atoms with van der Waals surface area (Å²) in [5.74, 6) is -1.49. The summed E-state index contributed by atoms with van der Waals surface area (Å²) in [6.07, 6.45) is 0.199. The van der Waals surface area contributed by atoms with Gasteiger partial charge in [0, 0.05) is 24.4 Å². The number of carbonyl (C=O) groups is 1. The minimum atomic E-state index is -1.31. The Balaban J connectivity index is 1.65. The molecular formula is C22H29F2N3O3S. The standard InChI is InChI=1S/C22H29F2N3O3S/c1-21(2,3)10-19-27-18(12-31-19)22(4-5-22)25-11-17(28)16(26-20(29)30)8-13-6-14(23)9-15(24)7-13/h6-7,9,12,16-17,25-26,28H,4-5,8,10-11H2,1-3H3,(H,29,30). The van der Waals surface area contributed by atoms with Crippen LogP contribution in [0.5, 0.6) is 0 Å². The predicted molar refractivity (Wildman–Crippen MR) is 115 cm³/mol. The summed E-state index contributed by atoms with van der Waals surface area (Å²) in [5.41, 5.74) is 1.04. The predicted octanol–water partition coefficient (Wildman–Crippen LogP) is 3.83. The van der Waals surface area contributed by atoms with Crippen LogP contribution in [0.1, 0.15) is 49.9 Å². The van der Waals surface area contributed by atoms with Crippen LogP contribution >= 0.6 is 11.3 Å². The van der Waals surface area contributed by atoms with Gasteiger partial charge in [-0.05, 0) is 42.4 Å². The van der Waals surface area contributed by atoms with E-state index in [1.54, 1.807) is 11.3 Å². The van der Waals surface area contributed by atoms with E-state index in [9.17, 15) is 18.7 Å². The Morgan fingerprint density at radius 3 is 2.45 bits per heavy atom. The normalized spacial score (nSPS) is 17.2. The average molecular weight is 454 g/mol. The van der Waals surface area contributed by atoms with Gasteiger partial charge in [-0.2, -0.15) is 0 Å². The fourth-order valence-electron chi connectivity index (χ4n) is 3.58. The van der Waals surface area contributed by atoms with E-state index in [1.807, 2.05) is 5.38 Å². The highest BCUT2D eigenvalue weighted by molar-refractivity contribution is 7.09. The van der Waals surface area contributed by atoms with Gasteiger partial charge in [-0.1, -0.05) is 20.8 Å². The number of amides is 1. The molecule has 1 aromatic heterocycles. The molecule has 4 N–H and O–H groups in total. The van der Waals surface area contributed by atoms with Crippen molar-refractivity contribution < 1.29 is 23.8 Å². The first-order chi connectivity index (χ1) is 14.5. The third kappa shape index (κ3) is 6.69. The first-order valence-electron chi connectivity index (χ1n) is 10.3. The van der Waals surface area contributed by atoms with Gasteiger partial charge in [-0.3, -0.25) is 0 Å². The third-order valence-electron chi connectivity index (χ3n) is 5.27. The lowest BCUT2D eigenvalue weighted by atomic mass is 9.93. The number of hydrogen-bond acceptors (Lipinski definition) is 5. The molecule has 3 rings (SSSR count). The number of benzene rings is 1. The van der Waals surface area contributed by atoms with Crippen molar-refractivity contribution in [3.05, 3.63) is 51.5 Å². The molecule has 0 spiro atoms. The Morgan fingerprint density at radius 1 is 1.26 bits per heavy atom. The van der Waals surface area contributed by atoms with Gasteiger partial charge in [0.2, 0.25) is 0 Å². The Kier molecular flexibility index (Phi) is 6.98. The van der Waals surface area contributed by atoms with E-state index in [0.717, 1.165) is 48.2 Å². The van der Waals surface area contributed by atoms with Crippen LogP contribution in [0.4, 0.5) is 13.6 Å². The maximum absolute atomic E-state index is 13.5. The summed E-state index contributed by atoms with van der Waals surface area (Å²) in [6, 6.07) is 2.09. The van der Waals surface area contributed by atoms with Gasteiger partial charge in [0.05, 0.1) is 28.4 Å². The minimum Gasteiger partial charge on any atom is -0.465 e. The lowest BCUT2D eigenvalue weighted by molar-refractivity contribution is 0.113. The second kappa shape index (κ2) is 9.18. The minimum absolute atomic E-state index is 0.0384. The summed E-state index contributed by atoms with van der Waals surface area (Å²) in [4.78, 5) is 16.0. The van der Waals surface area contributed by atoms with E-state index in [0.29, 0.717) is 0 Å². The molecule has 0 bridgehead atoms. The molecule has 2 atom stereocenters. The second-order valence-electron chi connectivity index (χ2n) is 9.43. The van der Waals surface area contributed by atoms with Gasteiger partial charge in [-0.15, -0.1) is 11.3 Å². The van der Waals surface area contributed by atoms with Gasteiger partial charge >= 0.3 is 6.09 Å².